The summed E-state index contributed by atoms with van der Waals surface area (Å²) < 4.78 is 39.2. The van der Waals surface area contributed by atoms with Gasteiger partial charge in [-0.2, -0.15) is 13.2 Å². The van der Waals surface area contributed by atoms with Gasteiger partial charge in [-0.15, -0.1) is 0 Å². The van der Waals surface area contributed by atoms with Crippen molar-refractivity contribution in [1.29, 1.82) is 0 Å². The predicted octanol–water partition coefficient (Wildman–Crippen LogP) is 4.04. The van der Waals surface area contributed by atoms with E-state index in [2.05, 4.69) is 10.3 Å². The van der Waals surface area contributed by atoms with E-state index in [-0.39, 0.29) is 6.54 Å². The molecule has 1 amide bonds. The van der Waals surface area contributed by atoms with Crippen LogP contribution in [0.15, 0.2) is 47.4 Å². The van der Waals surface area contributed by atoms with Gasteiger partial charge in [0.25, 0.3) is 11.6 Å². The number of carbonyl (C=O) groups excluding carboxylic acids is 1. The van der Waals surface area contributed by atoms with Crippen molar-refractivity contribution in [2.45, 2.75) is 12.7 Å². The Kier molecular flexibility index (Phi) is 5.29. The zero-order valence-electron chi connectivity index (χ0n) is 14.3. The molecule has 0 atom stereocenters. The molecule has 7 nitrogen and oxygen atoms in total. The predicted molar refractivity (Wildman–Crippen MR) is 98.8 cm³/mol. The molecule has 29 heavy (non-hydrogen) atoms. The molecule has 2 aromatic carbocycles. The number of fused-ring (bicyclic) bond motifs is 1. The second-order valence-corrected chi connectivity index (χ2v) is 6.39. The van der Waals surface area contributed by atoms with Crippen molar-refractivity contribution in [3.63, 3.8) is 0 Å². The van der Waals surface area contributed by atoms with Gasteiger partial charge in [0.05, 0.1) is 15.9 Å². The maximum absolute atomic E-state index is 13.1. The molecule has 2 N–H and O–H groups in total. The van der Waals surface area contributed by atoms with Gasteiger partial charge in [-0.25, -0.2) is 0 Å². The van der Waals surface area contributed by atoms with Crippen LogP contribution in [0.5, 0.6) is 0 Å². The molecule has 0 radical (unpaired) electrons. The Balaban J connectivity index is 2.05. The first-order chi connectivity index (χ1) is 13.6. The van der Waals surface area contributed by atoms with Gasteiger partial charge in [0, 0.05) is 23.8 Å². The lowest BCUT2D eigenvalue weighted by Gasteiger charge is -2.10. The van der Waals surface area contributed by atoms with E-state index in [1.54, 1.807) is 24.3 Å². The molecule has 150 valence electrons. The van der Waals surface area contributed by atoms with E-state index in [1.807, 2.05) is 0 Å². The quantitative estimate of drug-likeness (QED) is 0.486. The zero-order chi connectivity index (χ0) is 21.3. The van der Waals surface area contributed by atoms with Crippen molar-refractivity contribution in [3.05, 3.63) is 84.6 Å². The molecule has 0 aliphatic carbocycles. The number of aromatic amines is 1. The number of hydrogen-bond donors (Lipinski definition) is 2. The van der Waals surface area contributed by atoms with Crippen LogP contribution < -0.4 is 10.7 Å². The minimum atomic E-state index is -4.91. The summed E-state index contributed by atoms with van der Waals surface area (Å²) >= 11 is 5.98. The van der Waals surface area contributed by atoms with Crippen molar-refractivity contribution in [3.8, 4) is 0 Å². The number of nitro groups is 1. The van der Waals surface area contributed by atoms with Crippen LogP contribution in [0.25, 0.3) is 10.9 Å². The molecule has 1 heterocycles. The Labute approximate surface area is 165 Å². The summed E-state index contributed by atoms with van der Waals surface area (Å²) in [4.78, 5) is 37.5. The molecule has 1 aromatic heterocycles. The van der Waals surface area contributed by atoms with Crippen molar-refractivity contribution >= 4 is 34.1 Å². The molecule has 0 aliphatic heterocycles. The number of pyridine rings is 1. The lowest BCUT2D eigenvalue weighted by atomic mass is 10.1. The summed E-state index contributed by atoms with van der Waals surface area (Å²) in [5.41, 5.74) is -3.68. The number of non-ortho nitro benzene ring substituents is 1. The molecular weight excluding hydrogens is 415 g/mol. The standard InChI is InChI=1S/C18H11ClF3N3O4/c19-13-4-2-1-3-9(13)7-24-17(27)12-8-23-15-11(16(12)26)5-10(18(20,21)22)6-14(15)25(28)29/h1-6,8H,7H2,(H,23,26)(H,24,27). The molecule has 0 saturated carbocycles. The average molecular weight is 426 g/mol. The number of nitro benzene ring substituents is 1. The van der Waals surface area contributed by atoms with E-state index in [4.69, 9.17) is 11.6 Å². The topological polar surface area (TPSA) is 105 Å². The number of carbonyl (C=O) groups is 1. The van der Waals surface area contributed by atoms with Crippen molar-refractivity contribution < 1.29 is 22.9 Å². The number of rotatable bonds is 4. The normalized spacial score (nSPS) is 11.4. The molecule has 11 heteroatoms. The van der Waals surface area contributed by atoms with Gasteiger partial charge in [-0.05, 0) is 17.7 Å². The first-order valence-electron chi connectivity index (χ1n) is 8.02. The highest BCUT2D eigenvalue weighted by molar-refractivity contribution is 6.31. The van der Waals surface area contributed by atoms with Crippen molar-refractivity contribution in [2.24, 2.45) is 0 Å². The molecule has 0 bridgehead atoms. The highest BCUT2D eigenvalue weighted by atomic mass is 35.5. The monoisotopic (exact) mass is 425 g/mol. The molecule has 3 rings (SSSR count). The molecule has 0 unspecified atom stereocenters. The summed E-state index contributed by atoms with van der Waals surface area (Å²) in [7, 11) is 0. The van der Waals surface area contributed by atoms with Crippen molar-refractivity contribution in [2.75, 3.05) is 0 Å². The minimum Gasteiger partial charge on any atom is -0.355 e. The third-order valence-corrected chi connectivity index (χ3v) is 4.50. The SMILES string of the molecule is O=C(NCc1ccccc1Cl)c1c[nH]c2c([N+](=O)[O-])cc(C(F)(F)F)cc2c1=O. The Bertz CT molecular complexity index is 1190. The largest absolute Gasteiger partial charge is 0.416 e. The maximum Gasteiger partial charge on any atom is 0.416 e. The summed E-state index contributed by atoms with van der Waals surface area (Å²) in [6.45, 7) is -0.0290. The number of benzene rings is 2. The Morgan fingerprint density at radius 2 is 1.93 bits per heavy atom. The third-order valence-electron chi connectivity index (χ3n) is 4.13. The van der Waals surface area contributed by atoms with E-state index >= 15 is 0 Å². The van der Waals surface area contributed by atoms with E-state index in [1.165, 1.54) is 0 Å². The summed E-state index contributed by atoms with van der Waals surface area (Å²) in [6, 6.07) is 7.43. The highest BCUT2D eigenvalue weighted by Gasteiger charge is 2.34. The second kappa shape index (κ2) is 7.55. The highest BCUT2D eigenvalue weighted by Crippen LogP contribution is 2.34. The number of H-pyrrole nitrogens is 1. The first kappa shape index (κ1) is 20.3. The molecule has 0 saturated heterocycles. The van der Waals surface area contributed by atoms with Gasteiger partial charge in [-0.1, -0.05) is 29.8 Å². The zero-order valence-corrected chi connectivity index (χ0v) is 15.1. The van der Waals surface area contributed by atoms with Crippen LogP contribution in [0, 0.1) is 10.1 Å². The number of hydrogen-bond acceptors (Lipinski definition) is 4. The van der Waals surface area contributed by atoms with Crippen molar-refractivity contribution in [1.82, 2.24) is 10.3 Å². The lowest BCUT2D eigenvalue weighted by molar-refractivity contribution is -0.383. The van der Waals surface area contributed by atoms with Crippen LogP contribution in [0.3, 0.4) is 0 Å². The van der Waals surface area contributed by atoms with Crippen LogP contribution in [-0.2, 0) is 12.7 Å². The fraction of sp³-hybridized carbons (Fsp3) is 0.111. The number of nitrogens with zero attached hydrogens (tertiary/aromatic N) is 1. The first-order valence-corrected chi connectivity index (χ1v) is 8.40. The number of nitrogens with one attached hydrogen (secondary N) is 2. The second-order valence-electron chi connectivity index (χ2n) is 5.98. The average Bonchev–Trinajstić information content (AvgIpc) is 2.66. The summed E-state index contributed by atoms with van der Waals surface area (Å²) in [6.07, 6.45) is -3.99. The van der Waals surface area contributed by atoms with Crippen LogP contribution in [0.1, 0.15) is 21.5 Å². The van der Waals surface area contributed by atoms with E-state index in [0.29, 0.717) is 22.7 Å². The molecule has 0 fully saturated rings. The van der Waals surface area contributed by atoms with Gasteiger partial charge >= 0.3 is 6.18 Å². The number of alkyl halides is 3. The Morgan fingerprint density at radius 1 is 1.24 bits per heavy atom. The Morgan fingerprint density at radius 3 is 2.55 bits per heavy atom. The van der Waals surface area contributed by atoms with Crippen LogP contribution in [-0.4, -0.2) is 15.8 Å². The number of aromatic nitrogens is 1. The van der Waals surface area contributed by atoms with Gasteiger partial charge in [0.2, 0.25) is 5.43 Å². The van der Waals surface area contributed by atoms with Crippen LogP contribution in [0.2, 0.25) is 5.02 Å². The molecular formula is C18H11ClF3N3O4. The maximum atomic E-state index is 13.1. The fourth-order valence-electron chi connectivity index (χ4n) is 2.70. The van der Waals surface area contributed by atoms with Crippen LogP contribution in [0.4, 0.5) is 18.9 Å². The lowest BCUT2D eigenvalue weighted by Crippen LogP contribution is -2.28. The summed E-state index contributed by atoms with van der Waals surface area (Å²) in [5.74, 6) is -0.867. The van der Waals surface area contributed by atoms with Crippen LogP contribution >= 0.6 is 11.6 Å². The third kappa shape index (κ3) is 4.06. The molecule has 3 aromatic rings. The number of amides is 1. The minimum absolute atomic E-state index is 0.0290. The van der Waals surface area contributed by atoms with E-state index in [0.717, 1.165) is 6.20 Å². The van der Waals surface area contributed by atoms with E-state index in [9.17, 15) is 32.9 Å². The number of halogens is 4. The fourth-order valence-corrected chi connectivity index (χ4v) is 2.90. The molecule has 0 spiro atoms. The van der Waals surface area contributed by atoms with Gasteiger partial charge in [0.1, 0.15) is 11.1 Å². The van der Waals surface area contributed by atoms with E-state index < -0.39 is 50.2 Å². The smallest absolute Gasteiger partial charge is 0.355 e. The molecule has 0 aliphatic rings. The summed E-state index contributed by atoms with van der Waals surface area (Å²) in [5, 5.41) is 13.4. The Hall–Kier alpha value is -3.40. The van der Waals surface area contributed by atoms with Gasteiger partial charge in [0.15, 0.2) is 0 Å². The van der Waals surface area contributed by atoms with Gasteiger partial charge in [-0.3, -0.25) is 19.7 Å². The van der Waals surface area contributed by atoms with Gasteiger partial charge < -0.3 is 10.3 Å².